The summed E-state index contributed by atoms with van der Waals surface area (Å²) >= 11 is 0. The average molecular weight is 346 g/mol. The van der Waals surface area contributed by atoms with E-state index in [9.17, 15) is 8.42 Å². The highest BCUT2D eigenvalue weighted by Gasteiger charge is 2.28. The Kier molecular flexibility index (Phi) is 5.13. The predicted octanol–water partition coefficient (Wildman–Crippen LogP) is 1.21. The van der Waals surface area contributed by atoms with Gasteiger partial charge in [-0.2, -0.15) is 4.31 Å². The Morgan fingerprint density at radius 1 is 0.958 bits per heavy atom. The van der Waals surface area contributed by atoms with Crippen LogP contribution in [0.5, 0.6) is 0 Å². The first kappa shape index (κ1) is 16.9. The number of nitrogens with zero attached hydrogens (tertiary/aromatic N) is 3. The first-order valence-electron chi connectivity index (χ1n) is 8.03. The smallest absolute Gasteiger partial charge is 0.243 e. The number of aromatic nitrogens is 1. The van der Waals surface area contributed by atoms with Gasteiger partial charge in [0.2, 0.25) is 10.0 Å². The van der Waals surface area contributed by atoms with Gasteiger partial charge in [-0.05, 0) is 48.4 Å². The number of benzene rings is 1. The lowest BCUT2D eigenvalue weighted by Gasteiger charge is -2.34. The lowest BCUT2D eigenvalue weighted by atomic mass is 10.2. The Labute approximate surface area is 143 Å². The maximum absolute atomic E-state index is 12.6. The summed E-state index contributed by atoms with van der Waals surface area (Å²) in [7, 11) is -3.43. The van der Waals surface area contributed by atoms with Gasteiger partial charge in [-0.15, -0.1) is 0 Å². The van der Waals surface area contributed by atoms with Crippen LogP contribution < -0.4 is 5.73 Å². The molecule has 128 valence electrons. The van der Waals surface area contributed by atoms with Gasteiger partial charge in [0.1, 0.15) is 0 Å². The highest BCUT2D eigenvalue weighted by Crippen LogP contribution is 2.19. The van der Waals surface area contributed by atoms with E-state index in [1.54, 1.807) is 41.0 Å². The molecule has 1 aromatic heterocycles. The third kappa shape index (κ3) is 3.92. The molecule has 0 saturated carbocycles. The van der Waals surface area contributed by atoms with E-state index in [0.717, 1.165) is 26.1 Å². The minimum Gasteiger partial charge on any atom is -0.399 e. The van der Waals surface area contributed by atoms with Crippen LogP contribution >= 0.6 is 0 Å². The standard InChI is InChI=1S/C17H22N4O2S/c18-16-1-3-17(4-2-16)24(22,23)21-13-11-20(12-14-21)10-7-15-5-8-19-9-6-15/h1-6,8-9H,7,10-14,18H2. The summed E-state index contributed by atoms with van der Waals surface area (Å²) in [5.41, 5.74) is 7.45. The number of rotatable bonds is 5. The van der Waals surface area contributed by atoms with E-state index >= 15 is 0 Å². The van der Waals surface area contributed by atoms with E-state index < -0.39 is 10.0 Å². The van der Waals surface area contributed by atoms with E-state index in [4.69, 9.17) is 5.73 Å². The average Bonchev–Trinajstić information content (AvgIpc) is 2.61. The Hall–Kier alpha value is -1.96. The molecule has 2 heterocycles. The van der Waals surface area contributed by atoms with E-state index in [0.29, 0.717) is 23.7 Å². The molecule has 1 aliphatic rings. The number of sulfonamides is 1. The quantitative estimate of drug-likeness (QED) is 0.823. The molecule has 0 bridgehead atoms. The van der Waals surface area contributed by atoms with Gasteiger partial charge in [-0.3, -0.25) is 4.98 Å². The number of pyridine rings is 1. The summed E-state index contributed by atoms with van der Waals surface area (Å²) in [6.07, 6.45) is 4.55. The molecule has 2 aromatic rings. The van der Waals surface area contributed by atoms with E-state index in [-0.39, 0.29) is 0 Å². The topological polar surface area (TPSA) is 79.5 Å². The second-order valence-corrected chi connectivity index (χ2v) is 7.86. The highest BCUT2D eigenvalue weighted by atomic mass is 32.2. The Morgan fingerprint density at radius 2 is 1.58 bits per heavy atom. The largest absolute Gasteiger partial charge is 0.399 e. The van der Waals surface area contributed by atoms with Crippen LogP contribution in [-0.4, -0.2) is 55.3 Å². The third-order valence-corrected chi connectivity index (χ3v) is 6.23. The van der Waals surface area contributed by atoms with E-state index in [2.05, 4.69) is 9.88 Å². The lowest BCUT2D eigenvalue weighted by molar-refractivity contribution is 0.190. The van der Waals surface area contributed by atoms with Crippen LogP contribution in [0.15, 0.2) is 53.7 Å². The van der Waals surface area contributed by atoms with Crippen LogP contribution in [0.25, 0.3) is 0 Å². The van der Waals surface area contributed by atoms with Crippen molar-refractivity contribution in [3.63, 3.8) is 0 Å². The van der Waals surface area contributed by atoms with Gasteiger partial charge in [0, 0.05) is 50.8 Å². The fourth-order valence-electron chi connectivity index (χ4n) is 2.82. The van der Waals surface area contributed by atoms with Crippen LogP contribution in [-0.2, 0) is 16.4 Å². The molecule has 0 radical (unpaired) electrons. The predicted molar refractivity (Wildman–Crippen MR) is 94.0 cm³/mol. The maximum Gasteiger partial charge on any atom is 0.243 e. The van der Waals surface area contributed by atoms with Gasteiger partial charge < -0.3 is 10.6 Å². The number of piperazine rings is 1. The fraction of sp³-hybridized carbons (Fsp3) is 0.353. The molecule has 6 nitrogen and oxygen atoms in total. The van der Waals surface area contributed by atoms with Crippen molar-refractivity contribution in [2.75, 3.05) is 38.5 Å². The summed E-state index contributed by atoms with van der Waals surface area (Å²) in [6, 6.07) is 10.4. The Morgan fingerprint density at radius 3 is 2.21 bits per heavy atom. The number of anilines is 1. The van der Waals surface area contributed by atoms with Crippen molar-refractivity contribution in [3.05, 3.63) is 54.4 Å². The fourth-order valence-corrected chi connectivity index (χ4v) is 4.24. The number of hydrogen-bond donors (Lipinski definition) is 1. The second kappa shape index (κ2) is 7.29. The van der Waals surface area contributed by atoms with Crippen molar-refractivity contribution in [2.45, 2.75) is 11.3 Å². The van der Waals surface area contributed by atoms with Crippen LogP contribution in [0.3, 0.4) is 0 Å². The summed E-state index contributed by atoms with van der Waals surface area (Å²) in [5.74, 6) is 0. The van der Waals surface area contributed by atoms with Crippen LogP contribution in [0.2, 0.25) is 0 Å². The zero-order valence-electron chi connectivity index (χ0n) is 13.5. The summed E-state index contributed by atoms with van der Waals surface area (Å²) < 4.78 is 26.8. The zero-order valence-corrected chi connectivity index (χ0v) is 14.3. The molecule has 0 spiro atoms. The van der Waals surface area contributed by atoms with Gasteiger partial charge in [-0.1, -0.05) is 0 Å². The van der Waals surface area contributed by atoms with E-state index in [1.807, 2.05) is 12.1 Å². The van der Waals surface area contributed by atoms with Crippen molar-refractivity contribution in [1.82, 2.24) is 14.2 Å². The van der Waals surface area contributed by atoms with Gasteiger partial charge in [0.05, 0.1) is 4.90 Å². The molecular formula is C17H22N4O2S. The molecule has 1 saturated heterocycles. The summed E-state index contributed by atoms with van der Waals surface area (Å²) in [4.78, 5) is 6.62. The van der Waals surface area contributed by atoms with Crippen LogP contribution in [0.4, 0.5) is 5.69 Å². The van der Waals surface area contributed by atoms with Crippen LogP contribution in [0, 0.1) is 0 Å². The minimum atomic E-state index is -3.43. The van der Waals surface area contributed by atoms with Crippen molar-refractivity contribution in [1.29, 1.82) is 0 Å². The molecule has 24 heavy (non-hydrogen) atoms. The molecular weight excluding hydrogens is 324 g/mol. The third-order valence-electron chi connectivity index (χ3n) is 4.32. The maximum atomic E-state index is 12.6. The Balaban J connectivity index is 1.55. The first-order valence-corrected chi connectivity index (χ1v) is 9.47. The van der Waals surface area contributed by atoms with Crippen molar-refractivity contribution >= 4 is 15.7 Å². The van der Waals surface area contributed by atoms with Gasteiger partial charge >= 0.3 is 0 Å². The van der Waals surface area contributed by atoms with Gasteiger partial charge in [-0.25, -0.2) is 8.42 Å². The number of nitrogens with two attached hydrogens (primary N) is 1. The molecule has 1 aliphatic heterocycles. The number of nitrogen functional groups attached to an aromatic ring is 1. The van der Waals surface area contributed by atoms with Gasteiger partial charge in [0.25, 0.3) is 0 Å². The molecule has 0 unspecified atom stereocenters. The monoisotopic (exact) mass is 346 g/mol. The lowest BCUT2D eigenvalue weighted by Crippen LogP contribution is -2.48. The molecule has 0 atom stereocenters. The van der Waals surface area contributed by atoms with E-state index in [1.165, 1.54) is 5.56 Å². The molecule has 0 aliphatic carbocycles. The highest BCUT2D eigenvalue weighted by molar-refractivity contribution is 7.89. The van der Waals surface area contributed by atoms with Crippen molar-refractivity contribution in [3.8, 4) is 0 Å². The zero-order chi connectivity index (χ0) is 17.0. The Bertz CT molecular complexity index is 755. The number of hydrogen-bond acceptors (Lipinski definition) is 5. The molecule has 3 rings (SSSR count). The SMILES string of the molecule is Nc1ccc(S(=O)(=O)N2CCN(CCc3ccncc3)CC2)cc1. The minimum absolute atomic E-state index is 0.307. The molecule has 1 fully saturated rings. The summed E-state index contributed by atoms with van der Waals surface area (Å²) in [5, 5.41) is 0. The second-order valence-electron chi connectivity index (χ2n) is 5.92. The van der Waals surface area contributed by atoms with Crippen molar-refractivity contribution in [2.24, 2.45) is 0 Å². The summed E-state index contributed by atoms with van der Waals surface area (Å²) in [6.45, 7) is 3.46. The normalized spacial score (nSPS) is 17.0. The van der Waals surface area contributed by atoms with Crippen LogP contribution in [0.1, 0.15) is 5.56 Å². The molecule has 0 amide bonds. The first-order chi connectivity index (χ1) is 11.6. The van der Waals surface area contributed by atoms with Crippen molar-refractivity contribution < 1.29 is 8.42 Å². The molecule has 2 N–H and O–H groups in total. The molecule has 1 aromatic carbocycles. The van der Waals surface area contributed by atoms with Gasteiger partial charge in [0.15, 0.2) is 0 Å². The molecule has 7 heteroatoms.